The van der Waals surface area contributed by atoms with Gasteiger partial charge in [0, 0.05) is 3.57 Å². The minimum atomic E-state index is -0.238. The maximum Gasteiger partial charge on any atom is 0.256 e. The molecule has 0 bridgehead atoms. The van der Waals surface area contributed by atoms with Crippen LogP contribution in [0.3, 0.4) is 0 Å². The van der Waals surface area contributed by atoms with Gasteiger partial charge in [0.15, 0.2) is 11.5 Å². The zero-order valence-electron chi connectivity index (χ0n) is 13.7. The van der Waals surface area contributed by atoms with Crippen LogP contribution in [0, 0.1) is 3.57 Å². The van der Waals surface area contributed by atoms with Gasteiger partial charge >= 0.3 is 0 Å². The fourth-order valence-electron chi connectivity index (χ4n) is 2.34. The van der Waals surface area contributed by atoms with Crippen LogP contribution in [0.15, 0.2) is 54.9 Å². The molecule has 6 nitrogen and oxygen atoms in total. The summed E-state index contributed by atoms with van der Waals surface area (Å²) in [4.78, 5) is 12.6. The first kappa shape index (κ1) is 17.3. The number of anilines is 1. The molecule has 3 rings (SSSR count). The average molecular weight is 449 g/mol. The molecule has 25 heavy (non-hydrogen) atoms. The summed E-state index contributed by atoms with van der Waals surface area (Å²) in [5.74, 6) is 0.853. The largest absolute Gasteiger partial charge is 0.493 e. The molecule has 0 radical (unpaired) electrons. The van der Waals surface area contributed by atoms with Gasteiger partial charge in [0.2, 0.25) is 0 Å². The first-order valence-electron chi connectivity index (χ1n) is 7.45. The van der Waals surface area contributed by atoms with Gasteiger partial charge in [-0.25, -0.2) is 4.68 Å². The number of carbonyl (C=O) groups excluding carboxylic acids is 1. The highest BCUT2D eigenvalue weighted by Gasteiger charge is 2.16. The lowest BCUT2D eigenvalue weighted by atomic mass is 10.2. The Morgan fingerprint density at radius 2 is 1.80 bits per heavy atom. The molecule has 0 atom stereocenters. The van der Waals surface area contributed by atoms with Gasteiger partial charge in [-0.15, -0.1) is 0 Å². The molecule has 0 aliphatic carbocycles. The number of halogens is 1. The molecule has 1 amide bonds. The van der Waals surface area contributed by atoms with E-state index in [4.69, 9.17) is 9.47 Å². The molecule has 1 aromatic heterocycles. The third-order valence-corrected chi connectivity index (χ3v) is 4.47. The van der Waals surface area contributed by atoms with E-state index in [0.29, 0.717) is 22.7 Å². The molecule has 2 aromatic carbocycles. The normalized spacial score (nSPS) is 10.4. The first-order chi connectivity index (χ1) is 12.1. The third-order valence-electron chi connectivity index (χ3n) is 3.58. The predicted molar refractivity (Wildman–Crippen MR) is 104 cm³/mol. The number of rotatable bonds is 5. The van der Waals surface area contributed by atoms with Crippen molar-refractivity contribution in [2.75, 3.05) is 19.5 Å². The highest BCUT2D eigenvalue weighted by molar-refractivity contribution is 14.1. The minimum Gasteiger partial charge on any atom is -0.493 e. The fraction of sp³-hybridized carbons (Fsp3) is 0.111. The maximum absolute atomic E-state index is 12.6. The van der Waals surface area contributed by atoms with Gasteiger partial charge in [0.05, 0.1) is 43.6 Å². The lowest BCUT2D eigenvalue weighted by Gasteiger charge is -2.11. The summed E-state index contributed by atoms with van der Waals surface area (Å²) in [5, 5.41) is 7.13. The van der Waals surface area contributed by atoms with Gasteiger partial charge in [-0.2, -0.15) is 5.10 Å². The average Bonchev–Trinajstić information content (AvgIpc) is 3.10. The van der Waals surface area contributed by atoms with Crippen molar-refractivity contribution in [2.45, 2.75) is 0 Å². The molecule has 1 heterocycles. The number of aromatic nitrogens is 2. The van der Waals surface area contributed by atoms with Gasteiger partial charge in [0.1, 0.15) is 0 Å². The Morgan fingerprint density at radius 1 is 1.12 bits per heavy atom. The topological polar surface area (TPSA) is 65.4 Å². The molecular weight excluding hydrogens is 433 g/mol. The molecule has 0 fully saturated rings. The van der Waals surface area contributed by atoms with Crippen LogP contribution in [0.2, 0.25) is 0 Å². The Bertz CT molecular complexity index is 894. The number of benzene rings is 2. The summed E-state index contributed by atoms with van der Waals surface area (Å²) < 4.78 is 13.0. The van der Waals surface area contributed by atoms with E-state index in [1.807, 2.05) is 30.3 Å². The molecule has 0 aliphatic rings. The Labute approximate surface area is 158 Å². The highest BCUT2D eigenvalue weighted by Crippen LogP contribution is 2.31. The van der Waals surface area contributed by atoms with E-state index >= 15 is 0 Å². The van der Waals surface area contributed by atoms with Crippen molar-refractivity contribution >= 4 is 34.2 Å². The van der Waals surface area contributed by atoms with E-state index < -0.39 is 0 Å². The first-order valence-corrected chi connectivity index (χ1v) is 8.53. The van der Waals surface area contributed by atoms with Crippen molar-refractivity contribution in [2.24, 2.45) is 0 Å². The Morgan fingerprint density at radius 3 is 2.48 bits per heavy atom. The summed E-state index contributed by atoms with van der Waals surface area (Å²) in [5.41, 5.74) is 2.04. The van der Waals surface area contributed by atoms with Crippen molar-refractivity contribution in [3.8, 4) is 17.2 Å². The van der Waals surface area contributed by atoms with Crippen LogP contribution in [0.4, 0.5) is 5.69 Å². The second-order valence-corrected chi connectivity index (χ2v) is 6.31. The summed E-state index contributed by atoms with van der Waals surface area (Å²) in [6, 6.07) is 13.1. The summed E-state index contributed by atoms with van der Waals surface area (Å²) in [6.45, 7) is 0. The molecule has 128 valence electrons. The monoisotopic (exact) mass is 449 g/mol. The number of carbonyl (C=O) groups is 1. The number of amides is 1. The lowest BCUT2D eigenvalue weighted by Crippen LogP contribution is -2.13. The van der Waals surface area contributed by atoms with Crippen molar-refractivity contribution in [3.63, 3.8) is 0 Å². The zero-order valence-corrected chi connectivity index (χ0v) is 15.9. The number of ether oxygens (including phenoxy) is 2. The third kappa shape index (κ3) is 3.76. The van der Waals surface area contributed by atoms with E-state index in [0.717, 1.165) is 9.26 Å². The van der Waals surface area contributed by atoms with Gasteiger partial charge in [-0.1, -0.05) is 18.2 Å². The quantitative estimate of drug-likeness (QED) is 0.603. The molecule has 0 spiro atoms. The summed E-state index contributed by atoms with van der Waals surface area (Å²) in [7, 11) is 3.10. The van der Waals surface area contributed by atoms with Gasteiger partial charge in [0.25, 0.3) is 5.91 Å². The van der Waals surface area contributed by atoms with E-state index in [9.17, 15) is 4.79 Å². The predicted octanol–water partition coefficient (Wildman–Crippen LogP) is 3.75. The number of nitrogens with zero attached hydrogens (tertiary/aromatic N) is 2. The molecule has 1 N–H and O–H groups in total. The van der Waals surface area contributed by atoms with Crippen LogP contribution in [-0.2, 0) is 0 Å². The summed E-state index contributed by atoms with van der Waals surface area (Å²) in [6.07, 6.45) is 3.37. The molecule has 3 aromatic rings. The summed E-state index contributed by atoms with van der Waals surface area (Å²) >= 11 is 2.10. The number of hydrogen-bond acceptors (Lipinski definition) is 4. The molecule has 7 heteroatoms. The zero-order chi connectivity index (χ0) is 17.8. The van der Waals surface area contributed by atoms with Crippen LogP contribution in [0.5, 0.6) is 11.5 Å². The Hall–Kier alpha value is -2.55. The molecule has 0 unspecified atom stereocenters. The number of hydrogen-bond donors (Lipinski definition) is 1. The van der Waals surface area contributed by atoms with Crippen LogP contribution >= 0.6 is 22.6 Å². The van der Waals surface area contributed by atoms with E-state index in [2.05, 4.69) is 33.0 Å². The van der Waals surface area contributed by atoms with Crippen LogP contribution in [-0.4, -0.2) is 29.9 Å². The van der Waals surface area contributed by atoms with Crippen molar-refractivity contribution < 1.29 is 14.3 Å². The van der Waals surface area contributed by atoms with E-state index in [1.165, 1.54) is 7.11 Å². The molecule has 0 saturated heterocycles. The Balaban J connectivity index is 1.82. The van der Waals surface area contributed by atoms with Crippen LogP contribution in [0.1, 0.15) is 10.4 Å². The second kappa shape index (κ2) is 7.56. The van der Waals surface area contributed by atoms with Crippen molar-refractivity contribution in [1.29, 1.82) is 0 Å². The van der Waals surface area contributed by atoms with Crippen LogP contribution in [0.25, 0.3) is 5.69 Å². The maximum atomic E-state index is 12.6. The molecular formula is C18H16IN3O3. The minimum absolute atomic E-state index is 0.238. The van der Waals surface area contributed by atoms with E-state index in [-0.39, 0.29) is 5.91 Å². The smallest absolute Gasteiger partial charge is 0.256 e. The number of methoxy groups -OCH3 is 2. The van der Waals surface area contributed by atoms with Gasteiger partial charge in [-0.05, 0) is 46.9 Å². The lowest BCUT2D eigenvalue weighted by molar-refractivity contribution is 0.102. The second-order valence-electron chi connectivity index (χ2n) is 5.15. The standard InChI is InChI=1S/C18H16IN3O3/c1-24-16-8-14(15(19)9-17(16)25-2)18(23)21-12-10-20-22(11-12)13-6-4-3-5-7-13/h3-11H,1-2H3,(H,21,23). The number of nitrogens with one attached hydrogen (secondary N) is 1. The number of para-hydroxylation sites is 1. The highest BCUT2D eigenvalue weighted by atomic mass is 127. The van der Waals surface area contributed by atoms with Crippen molar-refractivity contribution in [3.05, 3.63) is 64.0 Å². The van der Waals surface area contributed by atoms with E-state index in [1.54, 1.807) is 36.3 Å². The van der Waals surface area contributed by atoms with Crippen LogP contribution < -0.4 is 14.8 Å². The Kier molecular flexibility index (Phi) is 5.22. The SMILES string of the molecule is COc1cc(I)c(C(=O)Nc2cnn(-c3ccccc3)c2)cc1OC. The molecule has 0 saturated carbocycles. The van der Waals surface area contributed by atoms with Gasteiger partial charge in [-0.3, -0.25) is 4.79 Å². The fourth-order valence-corrected chi connectivity index (χ4v) is 3.02. The van der Waals surface area contributed by atoms with Crippen molar-refractivity contribution in [1.82, 2.24) is 9.78 Å². The van der Waals surface area contributed by atoms with Gasteiger partial charge < -0.3 is 14.8 Å². The molecule has 0 aliphatic heterocycles.